The lowest BCUT2D eigenvalue weighted by atomic mass is 10.3. The fourth-order valence-electron chi connectivity index (χ4n) is 0.643. The molecule has 0 aromatic carbocycles. The lowest BCUT2D eigenvalue weighted by Crippen LogP contribution is -1.92. The van der Waals surface area contributed by atoms with Crippen LogP contribution >= 0.6 is 27.3 Å². The van der Waals surface area contributed by atoms with Crippen molar-refractivity contribution in [3.8, 4) is 0 Å². The maximum absolute atomic E-state index is 10.7. The second-order valence-electron chi connectivity index (χ2n) is 2.04. The van der Waals surface area contributed by atoms with Crippen molar-refractivity contribution in [2.24, 2.45) is 0 Å². The number of ether oxygens (including phenoxy) is 1. The van der Waals surface area contributed by atoms with Gasteiger partial charge < -0.3 is 4.74 Å². The molecule has 0 aliphatic heterocycles. The zero-order valence-corrected chi connectivity index (χ0v) is 8.81. The Morgan fingerprint density at radius 3 is 3.00 bits per heavy atom. The van der Waals surface area contributed by atoms with Crippen LogP contribution in [0.5, 0.6) is 0 Å². The molecule has 0 aliphatic rings. The molecule has 0 aliphatic carbocycles. The number of thiophene rings is 1. The van der Waals surface area contributed by atoms with Crippen molar-refractivity contribution in [1.82, 2.24) is 0 Å². The molecule has 0 atom stereocenters. The third kappa shape index (κ3) is 2.79. The van der Waals surface area contributed by atoms with Gasteiger partial charge in [-0.05, 0) is 39.0 Å². The summed E-state index contributed by atoms with van der Waals surface area (Å²) >= 11 is 4.90. The molecule has 1 aromatic heterocycles. The second-order valence-corrected chi connectivity index (χ2v) is 4.33. The normalized spacial score (nSPS) is 10.5. The molecule has 0 radical (unpaired) electrons. The predicted molar refractivity (Wildman–Crippen MR) is 53.1 cm³/mol. The van der Waals surface area contributed by atoms with Gasteiger partial charge in [-0.1, -0.05) is 0 Å². The second kappa shape index (κ2) is 4.42. The van der Waals surface area contributed by atoms with Crippen molar-refractivity contribution in [3.63, 3.8) is 0 Å². The predicted octanol–water partition coefficient (Wildman–Crippen LogP) is 2.70. The smallest absolute Gasteiger partial charge is 0.330 e. The van der Waals surface area contributed by atoms with Crippen LogP contribution in [0.4, 0.5) is 0 Å². The third-order valence-electron chi connectivity index (χ3n) is 1.20. The molecule has 1 aromatic rings. The zero-order chi connectivity index (χ0) is 8.97. The molecule has 0 fully saturated rings. The molecule has 0 saturated carbocycles. The fourth-order valence-corrected chi connectivity index (χ4v) is 1.79. The largest absolute Gasteiger partial charge is 0.466 e. The number of carbonyl (C=O) groups excluding carboxylic acids is 1. The van der Waals surface area contributed by atoms with Crippen LogP contribution in [-0.4, -0.2) is 13.1 Å². The first-order valence-electron chi connectivity index (χ1n) is 3.22. The van der Waals surface area contributed by atoms with Crippen molar-refractivity contribution in [1.29, 1.82) is 0 Å². The summed E-state index contributed by atoms with van der Waals surface area (Å²) < 4.78 is 5.49. The molecule has 0 N–H and O–H groups in total. The highest BCUT2D eigenvalue weighted by Gasteiger charge is 1.94. The third-order valence-corrected chi connectivity index (χ3v) is 2.72. The van der Waals surface area contributed by atoms with Gasteiger partial charge in [-0.15, -0.1) is 11.3 Å². The maximum atomic E-state index is 10.7. The van der Waals surface area contributed by atoms with Crippen LogP contribution in [0.25, 0.3) is 6.08 Å². The highest BCUT2D eigenvalue weighted by atomic mass is 79.9. The molecular weight excluding hydrogens is 240 g/mol. The first-order valence-corrected chi connectivity index (χ1v) is 4.89. The van der Waals surface area contributed by atoms with E-state index in [1.807, 2.05) is 11.4 Å². The lowest BCUT2D eigenvalue weighted by molar-refractivity contribution is -0.134. The van der Waals surface area contributed by atoms with E-state index in [-0.39, 0.29) is 5.97 Å². The number of carbonyl (C=O) groups is 1. The molecule has 0 saturated heterocycles. The summed E-state index contributed by atoms with van der Waals surface area (Å²) in [5.41, 5.74) is 0.997. The monoisotopic (exact) mass is 246 g/mol. The molecular formula is C8H7BrO2S. The van der Waals surface area contributed by atoms with Gasteiger partial charge in [-0.2, -0.15) is 0 Å². The standard InChI is InChI=1S/C8H7BrO2S/c1-11-8(10)3-2-6-4-7(9)12-5-6/h2-5H,1H3/b3-2+. The van der Waals surface area contributed by atoms with Crippen LogP contribution < -0.4 is 0 Å². The molecule has 0 unspecified atom stereocenters. The van der Waals surface area contributed by atoms with Crippen molar-refractivity contribution in [3.05, 3.63) is 26.9 Å². The molecule has 12 heavy (non-hydrogen) atoms. The van der Waals surface area contributed by atoms with Crippen molar-refractivity contribution in [2.75, 3.05) is 7.11 Å². The maximum Gasteiger partial charge on any atom is 0.330 e. The van der Waals surface area contributed by atoms with E-state index >= 15 is 0 Å². The van der Waals surface area contributed by atoms with E-state index in [0.29, 0.717) is 0 Å². The first kappa shape index (κ1) is 9.48. The van der Waals surface area contributed by atoms with Crippen LogP contribution in [-0.2, 0) is 9.53 Å². The Kier molecular flexibility index (Phi) is 3.49. The van der Waals surface area contributed by atoms with Gasteiger partial charge in [0.05, 0.1) is 10.9 Å². The summed E-state index contributed by atoms with van der Waals surface area (Å²) in [6.07, 6.45) is 3.11. The van der Waals surface area contributed by atoms with Crippen molar-refractivity contribution in [2.45, 2.75) is 0 Å². The lowest BCUT2D eigenvalue weighted by Gasteiger charge is -1.87. The van der Waals surface area contributed by atoms with Crippen LogP contribution in [0.2, 0.25) is 0 Å². The van der Waals surface area contributed by atoms with E-state index in [9.17, 15) is 4.79 Å². The Labute approximate surface area is 83.0 Å². The average molecular weight is 247 g/mol. The highest BCUT2D eigenvalue weighted by Crippen LogP contribution is 2.21. The summed E-state index contributed by atoms with van der Waals surface area (Å²) in [6.45, 7) is 0. The summed E-state index contributed by atoms with van der Waals surface area (Å²) in [7, 11) is 1.36. The topological polar surface area (TPSA) is 26.3 Å². The number of methoxy groups -OCH3 is 1. The summed E-state index contributed by atoms with van der Waals surface area (Å²) in [4.78, 5) is 10.7. The van der Waals surface area contributed by atoms with Crippen LogP contribution in [0.3, 0.4) is 0 Å². The summed E-state index contributed by atoms with van der Waals surface area (Å²) in [5.74, 6) is -0.336. The Bertz CT molecular complexity index is 304. The molecule has 0 amide bonds. The minimum atomic E-state index is -0.336. The Balaban J connectivity index is 2.63. The number of esters is 1. The summed E-state index contributed by atoms with van der Waals surface area (Å²) in [6, 6.07) is 1.93. The number of halogens is 1. The van der Waals surface area contributed by atoms with E-state index in [2.05, 4.69) is 20.7 Å². The van der Waals surface area contributed by atoms with E-state index in [1.165, 1.54) is 13.2 Å². The van der Waals surface area contributed by atoms with Crippen molar-refractivity contribution < 1.29 is 9.53 Å². The molecule has 1 heterocycles. The van der Waals surface area contributed by atoms with Crippen LogP contribution in [0.1, 0.15) is 5.56 Å². The summed E-state index contributed by atoms with van der Waals surface area (Å²) in [5, 5.41) is 1.95. The SMILES string of the molecule is COC(=O)/C=C/c1csc(Br)c1. The molecule has 4 heteroatoms. The van der Waals surface area contributed by atoms with Gasteiger partial charge in [0.25, 0.3) is 0 Å². The molecule has 1 rings (SSSR count). The van der Waals surface area contributed by atoms with Gasteiger partial charge in [0.1, 0.15) is 0 Å². The minimum Gasteiger partial charge on any atom is -0.466 e. The fraction of sp³-hybridized carbons (Fsp3) is 0.125. The zero-order valence-electron chi connectivity index (χ0n) is 6.41. The van der Waals surface area contributed by atoms with Gasteiger partial charge in [0.15, 0.2) is 0 Å². The van der Waals surface area contributed by atoms with Crippen LogP contribution in [0, 0.1) is 0 Å². The van der Waals surface area contributed by atoms with Crippen molar-refractivity contribution >= 4 is 39.3 Å². The highest BCUT2D eigenvalue weighted by molar-refractivity contribution is 9.11. The minimum absolute atomic E-state index is 0.336. The average Bonchev–Trinajstić information content (AvgIpc) is 2.47. The van der Waals surface area contributed by atoms with Crippen LogP contribution in [0.15, 0.2) is 21.3 Å². The van der Waals surface area contributed by atoms with E-state index < -0.39 is 0 Å². The van der Waals surface area contributed by atoms with E-state index in [0.717, 1.165) is 9.35 Å². The molecule has 64 valence electrons. The van der Waals surface area contributed by atoms with Gasteiger partial charge in [0.2, 0.25) is 0 Å². The Morgan fingerprint density at radius 1 is 1.75 bits per heavy atom. The molecule has 0 spiro atoms. The Hall–Kier alpha value is -0.610. The first-order chi connectivity index (χ1) is 5.72. The van der Waals surface area contributed by atoms with E-state index in [4.69, 9.17) is 0 Å². The van der Waals surface area contributed by atoms with Gasteiger partial charge in [0, 0.05) is 6.08 Å². The molecule has 2 nitrogen and oxygen atoms in total. The molecule has 0 bridgehead atoms. The number of rotatable bonds is 2. The number of hydrogen-bond acceptors (Lipinski definition) is 3. The van der Waals surface area contributed by atoms with E-state index in [1.54, 1.807) is 17.4 Å². The van der Waals surface area contributed by atoms with Gasteiger partial charge in [-0.25, -0.2) is 4.79 Å². The quantitative estimate of drug-likeness (QED) is 0.593. The van der Waals surface area contributed by atoms with Gasteiger partial charge >= 0.3 is 5.97 Å². The number of hydrogen-bond donors (Lipinski definition) is 0. The van der Waals surface area contributed by atoms with Gasteiger partial charge in [-0.3, -0.25) is 0 Å². The Morgan fingerprint density at radius 2 is 2.50 bits per heavy atom.